The van der Waals surface area contributed by atoms with Crippen molar-refractivity contribution in [2.24, 2.45) is 12.0 Å². The number of hydrogen-bond donors (Lipinski definition) is 3. The van der Waals surface area contributed by atoms with Gasteiger partial charge < -0.3 is 20.2 Å². The minimum Gasteiger partial charge on any atom is -0.361 e. The monoisotopic (exact) mass is 467 g/mol. The average molecular weight is 467 g/mol. The molecule has 8 heteroatoms. The Kier molecular flexibility index (Phi) is 7.01. The van der Waals surface area contributed by atoms with E-state index in [1.165, 1.54) is 22.0 Å². The molecule has 3 aromatic rings. The first-order chi connectivity index (χ1) is 12.1. The fraction of sp³-hybridized carbons (Fsp3) is 0.389. The molecule has 0 saturated carbocycles. The van der Waals surface area contributed by atoms with Crippen LogP contribution in [0.2, 0.25) is 0 Å². The van der Waals surface area contributed by atoms with Crippen molar-refractivity contribution in [3.05, 3.63) is 47.2 Å². The second kappa shape index (κ2) is 9.02. The topological polar surface area (TPSA) is 82.9 Å². The smallest absolute Gasteiger partial charge is 0.191 e. The summed E-state index contributed by atoms with van der Waals surface area (Å²) in [5, 5.41) is 16.1. The van der Waals surface area contributed by atoms with Gasteiger partial charge in [0.2, 0.25) is 0 Å². The molecule has 1 aromatic carbocycles. The summed E-state index contributed by atoms with van der Waals surface area (Å²) in [6.45, 7) is 5.45. The van der Waals surface area contributed by atoms with Crippen molar-refractivity contribution in [3.63, 3.8) is 0 Å². The summed E-state index contributed by atoms with van der Waals surface area (Å²) >= 11 is 0. The lowest BCUT2D eigenvalue weighted by Gasteiger charge is -2.11. The summed E-state index contributed by atoms with van der Waals surface area (Å²) in [6, 6.07) is 6.39. The van der Waals surface area contributed by atoms with Gasteiger partial charge in [0.25, 0.3) is 0 Å². The van der Waals surface area contributed by atoms with Gasteiger partial charge in [-0.2, -0.15) is 0 Å². The fourth-order valence-electron chi connectivity index (χ4n) is 2.87. The van der Waals surface area contributed by atoms with Gasteiger partial charge >= 0.3 is 0 Å². The van der Waals surface area contributed by atoms with E-state index in [0.717, 1.165) is 30.6 Å². The summed E-state index contributed by atoms with van der Waals surface area (Å²) in [4.78, 5) is 7.64. The maximum absolute atomic E-state index is 4.26. The van der Waals surface area contributed by atoms with E-state index < -0.39 is 0 Å². The maximum Gasteiger partial charge on any atom is 0.191 e. The summed E-state index contributed by atoms with van der Waals surface area (Å²) in [5.41, 5.74) is 3.80. The molecule has 140 valence electrons. The Bertz CT molecular complexity index is 894. The van der Waals surface area contributed by atoms with E-state index in [9.17, 15) is 0 Å². The predicted molar refractivity (Wildman–Crippen MR) is 116 cm³/mol. The molecule has 2 aromatic heterocycles. The zero-order chi connectivity index (χ0) is 17.8. The molecule has 0 spiro atoms. The third-order valence-electron chi connectivity index (χ3n) is 4.52. The van der Waals surface area contributed by atoms with Crippen LogP contribution < -0.4 is 10.6 Å². The number of guanidine groups is 1. The van der Waals surface area contributed by atoms with E-state index in [4.69, 9.17) is 0 Å². The van der Waals surface area contributed by atoms with Gasteiger partial charge in [-0.25, -0.2) is 0 Å². The number of aromatic nitrogens is 4. The Hall–Kier alpha value is -2.10. The molecular weight excluding hydrogens is 441 g/mol. The fourth-order valence-corrected chi connectivity index (χ4v) is 2.87. The van der Waals surface area contributed by atoms with Crippen LogP contribution in [-0.2, 0) is 20.0 Å². The molecule has 0 aliphatic carbocycles. The molecule has 0 saturated heterocycles. The van der Waals surface area contributed by atoms with Crippen LogP contribution in [0.25, 0.3) is 10.9 Å². The maximum atomic E-state index is 4.26. The van der Waals surface area contributed by atoms with E-state index in [1.807, 2.05) is 18.5 Å². The zero-order valence-corrected chi connectivity index (χ0v) is 18.0. The van der Waals surface area contributed by atoms with Gasteiger partial charge in [-0.15, -0.1) is 34.2 Å². The van der Waals surface area contributed by atoms with Crippen LogP contribution in [0.15, 0.2) is 29.4 Å². The molecule has 0 fully saturated rings. The molecule has 0 radical (unpaired) electrons. The van der Waals surface area contributed by atoms with Gasteiger partial charge in [0.15, 0.2) is 11.8 Å². The highest BCUT2D eigenvalue weighted by Gasteiger charge is 2.07. The Labute approximate surface area is 170 Å². The summed E-state index contributed by atoms with van der Waals surface area (Å²) in [6.07, 6.45) is 3.02. The van der Waals surface area contributed by atoms with Crippen LogP contribution in [0, 0.1) is 13.8 Å². The summed E-state index contributed by atoms with van der Waals surface area (Å²) in [7, 11) is 3.73. The van der Waals surface area contributed by atoms with Crippen LogP contribution >= 0.6 is 24.0 Å². The third-order valence-corrected chi connectivity index (χ3v) is 4.52. The zero-order valence-electron chi connectivity index (χ0n) is 15.6. The minimum atomic E-state index is 0. The van der Waals surface area contributed by atoms with Gasteiger partial charge in [0, 0.05) is 37.7 Å². The lowest BCUT2D eigenvalue weighted by atomic mass is 10.1. The molecule has 0 bridgehead atoms. The van der Waals surface area contributed by atoms with Gasteiger partial charge in [-0.05, 0) is 31.4 Å². The Morgan fingerprint density at radius 1 is 1.23 bits per heavy atom. The number of nitrogens with one attached hydrogen (secondary N) is 3. The molecule has 0 amide bonds. The SMILES string of the molecule is CN=C(NCCc1c[nH]c2c(C)cccc12)NCc1nnc(C)n1C.I. The number of rotatable bonds is 5. The van der Waals surface area contributed by atoms with Crippen LogP contribution in [-0.4, -0.2) is 39.3 Å². The molecule has 7 nitrogen and oxygen atoms in total. The number of nitrogens with zero attached hydrogens (tertiary/aromatic N) is 4. The molecule has 0 atom stereocenters. The number of hydrogen-bond acceptors (Lipinski definition) is 3. The number of halogens is 1. The predicted octanol–water partition coefficient (Wildman–Crippen LogP) is 2.44. The van der Waals surface area contributed by atoms with E-state index in [1.54, 1.807) is 7.05 Å². The van der Waals surface area contributed by atoms with Crippen molar-refractivity contribution in [2.75, 3.05) is 13.6 Å². The first-order valence-electron chi connectivity index (χ1n) is 8.45. The minimum absolute atomic E-state index is 0. The standard InChI is InChI=1S/C18H25N7.HI/c1-12-6-5-7-15-14(10-21-17(12)15)8-9-20-18(19-3)22-11-16-24-23-13(2)25(16)4;/h5-7,10,21H,8-9,11H2,1-4H3,(H2,19,20,22);1H. The first-order valence-corrected chi connectivity index (χ1v) is 8.45. The van der Waals surface area contributed by atoms with E-state index in [2.05, 4.69) is 62.1 Å². The van der Waals surface area contributed by atoms with Crippen LogP contribution in [0.4, 0.5) is 0 Å². The van der Waals surface area contributed by atoms with Gasteiger partial charge in [0.1, 0.15) is 5.82 Å². The molecular formula is C18H26IN7. The Morgan fingerprint density at radius 3 is 2.73 bits per heavy atom. The average Bonchev–Trinajstić information content (AvgIpc) is 3.17. The second-order valence-corrected chi connectivity index (χ2v) is 6.14. The summed E-state index contributed by atoms with van der Waals surface area (Å²) < 4.78 is 1.97. The molecule has 0 unspecified atom stereocenters. The number of fused-ring (bicyclic) bond motifs is 1. The lowest BCUT2D eigenvalue weighted by Crippen LogP contribution is -2.38. The van der Waals surface area contributed by atoms with Crippen molar-refractivity contribution in [1.29, 1.82) is 0 Å². The van der Waals surface area contributed by atoms with Gasteiger partial charge in [-0.1, -0.05) is 18.2 Å². The van der Waals surface area contributed by atoms with Crippen LogP contribution in [0.3, 0.4) is 0 Å². The molecule has 3 rings (SSSR count). The van der Waals surface area contributed by atoms with E-state index in [-0.39, 0.29) is 24.0 Å². The number of aryl methyl sites for hydroxylation is 2. The normalized spacial score (nSPS) is 11.5. The highest BCUT2D eigenvalue weighted by Crippen LogP contribution is 2.21. The van der Waals surface area contributed by atoms with Crippen molar-refractivity contribution in [3.8, 4) is 0 Å². The summed E-state index contributed by atoms with van der Waals surface area (Å²) in [5.74, 6) is 2.54. The molecule has 0 aliphatic heterocycles. The number of aromatic amines is 1. The Balaban J connectivity index is 0.00000243. The van der Waals surface area contributed by atoms with Crippen molar-refractivity contribution < 1.29 is 0 Å². The van der Waals surface area contributed by atoms with Crippen molar-refractivity contribution in [2.45, 2.75) is 26.8 Å². The molecule has 2 heterocycles. The second-order valence-electron chi connectivity index (χ2n) is 6.14. The number of para-hydroxylation sites is 1. The van der Waals surface area contributed by atoms with E-state index >= 15 is 0 Å². The lowest BCUT2D eigenvalue weighted by molar-refractivity contribution is 0.716. The Morgan fingerprint density at radius 2 is 2.04 bits per heavy atom. The number of benzene rings is 1. The van der Waals surface area contributed by atoms with E-state index in [0.29, 0.717) is 6.54 Å². The quantitative estimate of drug-likeness (QED) is 0.306. The largest absolute Gasteiger partial charge is 0.361 e. The van der Waals surface area contributed by atoms with Crippen LogP contribution in [0.1, 0.15) is 22.8 Å². The molecule has 0 aliphatic rings. The number of H-pyrrole nitrogens is 1. The van der Waals surface area contributed by atoms with Crippen molar-refractivity contribution >= 4 is 40.8 Å². The van der Waals surface area contributed by atoms with Crippen molar-refractivity contribution in [1.82, 2.24) is 30.4 Å². The number of aliphatic imine (C=N–C) groups is 1. The van der Waals surface area contributed by atoms with Gasteiger partial charge in [0.05, 0.1) is 6.54 Å². The first kappa shape index (κ1) is 20.2. The molecule has 26 heavy (non-hydrogen) atoms. The highest BCUT2D eigenvalue weighted by atomic mass is 127. The molecule has 3 N–H and O–H groups in total. The highest BCUT2D eigenvalue weighted by molar-refractivity contribution is 14.0. The van der Waals surface area contributed by atoms with Gasteiger partial charge in [-0.3, -0.25) is 4.99 Å². The third kappa shape index (κ3) is 4.35. The van der Waals surface area contributed by atoms with Crippen LogP contribution in [0.5, 0.6) is 0 Å².